The largest absolute Gasteiger partial charge is 0.444 e. The van der Waals surface area contributed by atoms with E-state index in [-0.39, 0.29) is 11.4 Å². The molecule has 4 nitrogen and oxygen atoms in total. The average Bonchev–Trinajstić information content (AvgIpc) is 2.69. The van der Waals surface area contributed by atoms with E-state index < -0.39 is 11.7 Å². The van der Waals surface area contributed by atoms with Gasteiger partial charge in [-0.25, -0.2) is 4.39 Å². The van der Waals surface area contributed by atoms with Gasteiger partial charge in [0.2, 0.25) is 0 Å². The SMILES string of the molecule is Nc1ccc(NC(=O)c2ccc(Br)o2)c(F)c1. The maximum absolute atomic E-state index is 13.4. The molecule has 88 valence electrons. The predicted octanol–water partition coefficient (Wildman–Crippen LogP) is 3.02. The molecule has 3 N–H and O–H groups in total. The Hall–Kier alpha value is -1.82. The molecule has 0 bridgehead atoms. The maximum Gasteiger partial charge on any atom is 0.291 e. The lowest BCUT2D eigenvalue weighted by atomic mass is 10.2. The van der Waals surface area contributed by atoms with Crippen molar-refractivity contribution >= 4 is 33.2 Å². The van der Waals surface area contributed by atoms with Gasteiger partial charge in [-0.05, 0) is 46.3 Å². The minimum atomic E-state index is -0.594. The van der Waals surface area contributed by atoms with Crippen molar-refractivity contribution in [3.8, 4) is 0 Å². The molecule has 0 spiro atoms. The number of nitrogen functional groups attached to an aromatic ring is 1. The Bertz CT molecular complexity index is 568. The predicted molar refractivity (Wildman–Crippen MR) is 65.2 cm³/mol. The Morgan fingerprint density at radius 3 is 2.71 bits per heavy atom. The molecule has 0 fully saturated rings. The van der Waals surface area contributed by atoms with Crippen molar-refractivity contribution in [2.45, 2.75) is 0 Å². The second kappa shape index (κ2) is 4.58. The summed E-state index contributed by atoms with van der Waals surface area (Å²) in [5.41, 5.74) is 5.74. The molecule has 1 heterocycles. The van der Waals surface area contributed by atoms with E-state index in [9.17, 15) is 9.18 Å². The van der Waals surface area contributed by atoms with Crippen molar-refractivity contribution in [3.05, 3.63) is 46.6 Å². The number of nitrogens with two attached hydrogens (primary N) is 1. The number of carbonyl (C=O) groups is 1. The lowest BCUT2D eigenvalue weighted by Crippen LogP contribution is -2.12. The van der Waals surface area contributed by atoms with Gasteiger partial charge in [0.25, 0.3) is 5.91 Å². The van der Waals surface area contributed by atoms with Gasteiger partial charge in [-0.1, -0.05) is 0 Å². The highest BCUT2D eigenvalue weighted by molar-refractivity contribution is 9.10. The molecule has 0 saturated carbocycles. The number of benzene rings is 1. The molecule has 2 rings (SSSR count). The molecule has 2 aromatic rings. The van der Waals surface area contributed by atoms with Crippen molar-refractivity contribution in [2.24, 2.45) is 0 Å². The second-order valence-corrected chi connectivity index (χ2v) is 4.08. The van der Waals surface area contributed by atoms with Crippen molar-refractivity contribution in [1.82, 2.24) is 0 Å². The number of carbonyl (C=O) groups excluding carboxylic acids is 1. The van der Waals surface area contributed by atoms with Crippen LogP contribution in [0.2, 0.25) is 0 Å². The molecular weight excluding hydrogens is 291 g/mol. The Morgan fingerprint density at radius 2 is 2.12 bits per heavy atom. The van der Waals surface area contributed by atoms with Gasteiger partial charge >= 0.3 is 0 Å². The van der Waals surface area contributed by atoms with E-state index in [1.165, 1.54) is 18.2 Å². The monoisotopic (exact) mass is 298 g/mol. The summed E-state index contributed by atoms with van der Waals surface area (Å²) in [6.07, 6.45) is 0. The lowest BCUT2D eigenvalue weighted by molar-refractivity contribution is 0.0995. The summed E-state index contributed by atoms with van der Waals surface area (Å²) >= 11 is 3.07. The summed E-state index contributed by atoms with van der Waals surface area (Å²) in [6.45, 7) is 0. The van der Waals surface area contributed by atoms with Gasteiger partial charge in [-0.15, -0.1) is 0 Å². The molecule has 0 saturated heterocycles. The standard InChI is InChI=1S/C11H8BrFN2O2/c12-10-4-3-9(17-10)11(16)15-8-2-1-6(14)5-7(8)13/h1-5H,14H2,(H,15,16). The van der Waals surface area contributed by atoms with E-state index in [1.807, 2.05) is 0 Å². The Labute approximate surface area is 105 Å². The summed E-state index contributed by atoms with van der Waals surface area (Å²) in [6, 6.07) is 7.08. The van der Waals surface area contributed by atoms with Crippen LogP contribution in [0.5, 0.6) is 0 Å². The van der Waals surface area contributed by atoms with Crippen molar-refractivity contribution in [1.29, 1.82) is 0 Å². The summed E-state index contributed by atoms with van der Waals surface area (Å²) in [5.74, 6) is -1.03. The van der Waals surface area contributed by atoms with Crippen molar-refractivity contribution in [2.75, 3.05) is 11.1 Å². The third-order valence-corrected chi connectivity index (χ3v) is 2.46. The molecule has 1 aromatic heterocycles. The Morgan fingerprint density at radius 1 is 1.35 bits per heavy atom. The summed E-state index contributed by atoms with van der Waals surface area (Å²) in [5, 5.41) is 2.38. The summed E-state index contributed by atoms with van der Waals surface area (Å²) in [7, 11) is 0. The first-order chi connectivity index (χ1) is 8.06. The van der Waals surface area contributed by atoms with Crippen molar-refractivity contribution < 1.29 is 13.6 Å². The Balaban J connectivity index is 2.18. The van der Waals surface area contributed by atoms with Crippen LogP contribution in [0, 0.1) is 5.82 Å². The number of furan rings is 1. The van der Waals surface area contributed by atoms with Crippen LogP contribution in [0.1, 0.15) is 10.6 Å². The smallest absolute Gasteiger partial charge is 0.291 e. The highest BCUT2D eigenvalue weighted by Gasteiger charge is 2.12. The minimum Gasteiger partial charge on any atom is -0.444 e. The number of anilines is 2. The fourth-order valence-electron chi connectivity index (χ4n) is 1.25. The van der Waals surface area contributed by atoms with Crippen LogP contribution in [0.3, 0.4) is 0 Å². The third kappa shape index (κ3) is 2.65. The van der Waals surface area contributed by atoms with Crippen LogP contribution < -0.4 is 11.1 Å². The second-order valence-electron chi connectivity index (χ2n) is 3.30. The maximum atomic E-state index is 13.4. The molecule has 0 atom stereocenters. The molecule has 0 aliphatic rings. The fourth-order valence-corrected chi connectivity index (χ4v) is 1.56. The minimum absolute atomic E-state index is 0.0525. The zero-order chi connectivity index (χ0) is 12.4. The molecule has 1 amide bonds. The van der Waals surface area contributed by atoms with Gasteiger partial charge in [0, 0.05) is 5.69 Å². The number of amides is 1. The van der Waals surface area contributed by atoms with Crippen LogP contribution in [-0.2, 0) is 0 Å². The number of nitrogens with one attached hydrogen (secondary N) is 1. The first kappa shape index (κ1) is 11.7. The average molecular weight is 299 g/mol. The quantitative estimate of drug-likeness (QED) is 0.838. The van der Waals surface area contributed by atoms with Crippen LogP contribution in [-0.4, -0.2) is 5.91 Å². The molecule has 0 aliphatic heterocycles. The van der Waals surface area contributed by atoms with E-state index >= 15 is 0 Å². The van der Waals surface area contributed by atoms with Crippen molar-refractivity contribution in [3.63, 3.8) is 0 Å². The number of rotatable bonds is 2. The number of hydrogen-bond acceptors (Lipinski definition) is 3. The third-order valence-electron chi connectivity index (χ3n) is 2.04. The highest BCUT2D eigenvalue weighted by atomic mass is 79.9. The molecule has 6 heteroatoms. The summed E-state index contributed by atoms with van der Waals surface area (Å²) in [4.78, 5) is 11.6. The van der Waals surface area contributed by atoms with E-state index in [0.717, 1.165) is 6.07 Å². The number of hydrogen-bond donors (Lipinski definition) is 2. The van der Waals surface area contributed by atoms with E-state index in [4.69, 9.17) is 10.2 Å². The normalized spacial score (nSPS) is 10.2. The van der Waals surface area contributed by atoms with Gasteiger partial charge in [-0.2, -0.15) is 0 Å². The Kier molecular flexibility index (Phi) is 3.14. The molecule has 0 radical (unpaired) electrons. The van der Waals surface area contributed by atoms with Crippen LogP contribution >= 0.6 is 15.9 Å². The molecular formula is C11H8BrFN2O2. The van der Waals surface area contributed by atoms with Gasteiger partial charge in [0.05, 0.1) is 5.69 Å². The molecule has 1 aromatic carbocycles. The first-order valence-electron chi connectivity index (χ1n) is 4.68. The van der Waals surface area contributed by atoms with E-state index in [2.05, 4.69) is 21.2 Å². The van der Waals surface area contributed by atoms with Gasteiger partial charge in [0.1, 0.15) is 5.82 Å². The highest BCUT2D eigenvalue weighted by Crippen LogP contribution is 2.19. The van der Waals surface area contributed by atoms with Gasteiger partial charge in [-0.3, -0.25) is 4.79 Å². The van der Waals surface area contributed by atoms with E-state index in [0.29, 0.717) is 10.4 Å². The first-order valence-corrected chi connectivity index (χ1v) is 5.47. The number of halogens is 2. The van der Waals surface area contributed by atoms with Crippen LogP contribution in [0.4, 0.5) is 15.8 Å². The molecule has 17 heavy (non-hydrogen) atoms. The molecule has 0 aliphatic carbocycles. The van der Waals surface area contributed by atoms with Gasteiger partial charge < -0.3 is 15.5 Å². The summed E-state index contributed by atoms with van der Waals surface area (Å²) < 4.78 is 18.9. The fraction of sp³-hybridized carbons (Fsp3) is 0. The molecule has 0 unspecified atom stereocenters. The van der Waals surface area contributed by atoms with Gasteiger partial charge in [0.15, 0.2) is 10.4 Å². The zero-order valence-electron chi connectivity index (χ0n) is 8.54. The zero-order valence-corrected chi connectivity index (χ0v) is 10.1. The van der Waals surface area contributed by atoms with E-state index in [1.54, 1.807) is 6.07 Å². The lowest BCUT2D eigenvalue weighted by Gasteiger charge is -2.04. The van der Waals surface area contributed by atoms with Crippen LogP contribution in [0.25, 0.3) is 0 Å². The van der Waals surface area contributed by atoms with Crippen LogP contribution in [0.15, 0.2) is 39.4 Å². The topological polar surface area (TPSA) is 68.3 Å².